The van der Waals surface area contributed by atoms with Gasteiger partial charge in [-0.3, -0.25) is 9.78 Å². The molecule has 2 rings (SSSR count). The summed E-state index contributed by atoms with van der Waals surface area (Å²) >= 11 is 0. The van der Waals surface area contributed by atoms with Crippen LogP contribution in [0.5, 0.6) is 0 Å². The maximum atomic E-state index is 13.6. The van der Waals surface area contributed by atoms with Crippen LogP contribution in [0.3, 0.4) is 0 Å². The first kappa shape index (κ1) is 14.0. The molecule has 20 heavy (non-hydrogen) atoms. The van der Waals surface area contributed by atoms with E-state index in [4.69, 9.17) is 0 Å². The molecule has 0 aliphatic heterocycles. The van der Waals surface area contributed by atoms with Gasteiger partial charge in [0.25, 0.3) is 5.91 Å². The highest BCUT2D eigenvalue weighted by Gasteiger charge is 2.15. The monoisotopic (exact) mass is 273 g/mol. The number of halogens is 1. The average molecular weight is 273 g/mol. The Balaban J connectivity index is 2.14. The zero-order valence-corrected chi connectivity index (χ0v) is 11.4. The maximum Gasteiger partial charge on any atom is 0.272 e. The van der Waals surface area contributed by atoms with Crippen LogP contribution in [-0.2, 0) is 6.54 Å². The Bertz CT molecular complexity index is 616. The van der Waals surface area contributed by atoms with Crippen LogP contribution in [-0.4, -0.2) is 29.9 Å². The number of amides is 1. The van der Waals surface area contributed by atoms with E-state index in [-0.39, 0.29) is 18.3 Å². The van der Waals surface area contributed by atoms with Gasteiger partial charge >= 0.3 is 0 Å². The molecular formula is C15H16FN3O. The first-order chi connectivity index (χ1) is 9.61. The van der Waals surface area contributed by atoms with Crippen molar-refractivity contribution in [1.29, 1.82) is 0 Å². The van der Waals surface area contributed by atoms with Crippen molar-refractivity contribution in [1.82, 2.24) is 9.88 Å². The lowest BCUT2D eigenvalue weighted by Gasteiger charge is -2.17. The number of carbonyl (C=O) groups excluding carboxylic acids is 1. The minimum Gasteiger partial charge on any atom is -0.388 e. The van der Waals surface area contributed by atoms with Crippen LogP contribution < -0.4 is 5.32 Å². The number of aromatic nitrogens is 1. The summed E-state index contributed by atoms with van der Waals surface area (Å²) in [5.41, 5.74) is 1.62. The van der Waals surface area contributed by atoms with Crippen molar-refractivity contribution in [3.63, 3.8) is 0 Å². The zero-order valence-electron chi connectivity index (χ0n) is 11.4. The van der Waals surface area contributed by atoms with Gasteiger partial charge in [0.2, 0.25) is 0 Å². The highest BCUT2D eigenvalue weighted by Crippen LogP contribution is 2.12. The van der Waals surface area contributed by atoms with Gasteiger partial charge in [-0.25, -0.2) is 4.39 Å². The van der Waals surface area contributed by atoms with E-state index in [0.717, 1.165) is 5.69 Å². The van der Waals surface area contributed by atoms with Crippen LogP contribution >= 0.6 is 0 Å². The predicted molar refractivity (Wildman–Crippen MR) is 76.0 cm³/mol. The van der Waals surface area contributed by atoms with Crippen molar-refractivity contribution in [3.05, 3.63) is 59.7 Å². The van der Waals surface area contributed by atoms with Gasteiger partial charge in [0.1, 0.15) is 11.5 Å². The summed E-state index contributed by atoms with van der Waals surface area (Å²) in [5, 5.41) is 2.95. The Hall–Kier alpha value is -2.43. The maximum absolute atomic E-state index is 13.6. The molecule has 1 amide bonds. The topological polar surface area (TPSA) is 45.2 Å². The van der Waals surface area contributed by atoms with Gasteiger partial charge < -0.3 is 10.2 Å². The Morgan fingerprint density at radius 2 is 2.10 bits per heavy atom. The van der Waals surface area contributed by atoms with Crippen LogP contribution in [0.25, 0.3) is 0 Å². The van der Waals surface area contributed by atoms with Gasteiger partial charge in [-0.1, -0.05) is 18.2 Å². The fourth-order valence-electron chi connectivity index (χ4n) is 1.85. The number of rotatable bonds is 4. The third-order valence-corrected chi connectivity index (χ3v) is 2.98. The number of anilines is 1. The standard InChI is InChI=1S/C15H16FN3O/c1-17-12-7-8-18-14(9-12)15(20)19(2)10-11-5-3-4-6-13(11)16/h3-9H,10H2,1-2H3,(H,17,18). The fourth-order valence-corrected chi connectivity index (χ4v) is 1.85. The van der Waals surface area contributed by atoms with Gasteiger partial charge in [0, 0.05) is 38.1 Å². The van der Waals surface area contributed by atoms with Crippen LogP contribution in [0.2, 0.25) is 0 Å². The summed E-state index contributed by atoms with van der Waals surface area (Å²) in [6.07, 6.45) is 1.57. The van der Waals surface area contributed by atoms with Crippen molar-refractivity contribution in [2.24, 2.45) is 0 Å². The normalized spacial score (nSPS) is 10.2. The summed E-state index contributed by atoms with van der Waals surface area (Å²) in [5.74, 6) is -0.561. The van der Waals surface area contributed by atoms with Crippen LogP contribution in [0.15, 0.2) is 42.6 Å². The first-order valence-corrected chi connectivity index (χ1v) is 6.24. The lowest BCUT2D eigenvalue weighted by molar-refractivity contribution is 0.0778. The number of pyridine rings is 1. The summed E-state index contributed by atoms with van der Waals surface area (Å²) in [6, 6.07) is 9.85. The smallest absolute Gasteiger partial charge is 0.272 e. The molecule has 104 valence electrons. The number of benzene rings is 1. The lowest BCUT2D eigenvalue weighted by atomic mass is 10.2. The molecule has 0 aliphatic carbocycles. The molecule has 0 radical (unpaired) electrons. The van der Waals surface area contributed by atoms with E-state index in [0.29, 0.717) is 11.3 Å². The highest BCUT2D eigenvalue weighted by molar-refractivity contribution is 5.92. The van der Waals surface area contributed by atoms with Gasteiger partial charge in [-0.05, 0) is 18.2 Å². The molecule has 1 aromatic carbocycles. The van der Waals surface area contributed by atoms with E-state index in [2.05, 4.69) is 10.3 Å². The Labute approximate surface area is 117 Å². The number of nitrogens with zero attached hydrogens (tertiary/aromatic N) is 2. The van der Waals surface area contributed by atoms with Crippen molar-refractivity contribution < 1.29 is 9.18 Å². The molecule has 0 fully saturated rings. The molecule has 1 aromatic heterocycles. The molecule has 5 heteroatoms. The minimum absolute atomic E-state index is 0.205. The molecule has 0 spiro atoms. The summed E-state index contributed by atoms with van der Waals surface area (Å²) in [6.45, 7) is 0.205. The van der Waals surface area contributed by atoms with E-state index in [1.165, 1.54) is 11.0 Å². The number of hydrogen-bond donors (Lipinski definition) is 1. The van der Waals surface area contributed by atoms with Crippen molar-refractivity contribution in [3.8, 4) is 0 Å². The number of carbonyl (C=O) groups is 1. The second-order valence-electron chi connectivity index (χ2n) is 4.43. The second kappa shape index (κ2) is 6.14. The van der Waals surface area contributed by atoms with Crippen LogP contribution in [0.4, 0.5) is 10.1 Å². The molecule has 0 unspecified atom stereocenters. The Morgan fingerprint density at radius 1 is 1.35 bits per heavy atom. The van der Waals surface area contributed by atoms with E-state index < -0.39 is 0 Å². The fraction of sp³-hybridized carbons (Fsp3) is 0.200. The first-order valence-electron chi connectivity index (χ1n) is 6.24. The van der Waals surface area contributed by atoms with Crippen LogP contribution in [0, 0.1) is 5.82 Å². The SMILES string of the molecule is CNc1ccnc(C(=O)N(C)Cc2ccccc2F)c1. The second-order valence-corrected chi connectivity index (χ2v) is 4.43. The Morgan fingerprint density at radius 3 is 2.80 bits per heavy atom. The molecule has 0 saturated heterocycles. The van der Waals surface area contributed by atoms with Crippen molar-refractivity contribution >= 4 is 11.6 Å². The summed E-state index contributed by atoms with van der Waals surface area (Å²) < 4.78 is 13.6. The zero-order chi connectivity index (χ0) is 14.5. The van der Waals surface area contributed by atoms with Crippen LogP contribution in [0.1, 0.15) is 16.1 Å². The molecule has 2 aromatic rings. The molecular weight excluding hydrogens is 257 g/mol. The summed E-state index contributed by atoms with van der Waals surface area (Å²) in [7, 11) is 3.40. The molecule has 1 heterocycles. The largest absolute Gasteiger partial charge is 0.388 e. The van der Waals surface area contributed by atoms with Gasteiger partial charge in [-0.2, -0.15) is 0 Å². The van der Waals surface area contributed by atoms with E-state index >= 15 is 0 Å². The Kier molecular flexibility index (Phi) is 4.30. The molecule has 0 aliphatic rings. The highest BCUT2D eigenvalue weighted by atomic mass is 19.1. The third-order valence-electron chi connectivity index (χ3n) is 2.98. The molecule has 0 saturated carbocycles. The van der Waals surface area contributed by atoms with Crippen molar-refractivity contribution in [2.75, 3.05) is 19.4 Å². The lowest BCUT2D eigenvalue weighted by Crippen LogP contribution is -2.27. The third kappa shape index (κ3) is 3.12. The van der Waals surface area contributed by atoms with Gasteiger partial charge in [0.05, 0.1) is 0 Å². The van der Waals surface area contributed by atoms with Crippen molar-refractivity contribution in [2.45, 2.75) is 6.54 Å². The van der Waals surface area contributed by atoms with E-state index in [1.54, 1.807) is 50.6 Å². The van der Waals surface area contributed by atoms with Gasteiger partial charge in [0.15, 0.2) is 0 Å². The van der Waals surface area contributed by atoms with Gasteiger partial charge in [-0.15, -0.1) is 0 Å². The molecule has 0 atom stereocenters. The quantitative estimate of drug-likeness (QED) is 0.931. The molecule has 1 N–H and O–H groups in total. The number of nitrogens with one attached hydrogen (secondary N) is 1. The van der Waals surface area contributed by atoms with E-state index in [1.807, 2.05) is 0 Å². The predicted octanol–water partition coefficient (Wildman–Crippen LogP) is 2.53. The average Bonchev–Trinajstić information content (AvgIpc) is 2.48. The van der Waals surface area contributed by atoms with E-state index in [9.17, 15) is 9.18 Å². The summed E-state index contributed by atoms with van der Waals surface area (Å²) in [4.78, 5) is 17.7. The minimum atomic E-state index is -0.316. The molecule has 4 nitrogen and oxygen atoms in total. The number of hydrogen-bond acceptors (Lipinski definition) is 3. The molecule has 0 bridgehead atoms.